The number of fused-ring (bicyclic) bond motifs is 1. The molecule has 10 heteroatoms. The highest BCUT2D eigenvalue weighted by Gasteiger charge is 2.18. The van der Waals surface area contributed by atoms with Gasteiger partial charge in [0, 0.05) is 11.6 Å². The normalized spacial score (nSPS) is 12.5. The number of nitro benzene ring substituents is 1. The first kappa shape index (κ1) is 18.4. The summed E-state index contributed by atoms with van der Waals surface area (Å²) in [5.41, 5.74) is 3.52. The largest absolute Gasteiger partial charge is 0.493 e. The summed E-state index contributed by atoms with van der Waals surface area (Å²) in [4.78, 5) is 10.5. The molecule has 1 heterocycles. The van der Waals surface area contributed by atoms with Crippen molar-refractivity contribution in [2.24, 2.45) is 5.10 Å². The van der Waals surface area contributed by atoms with Gasteiger partial charge < -0.3 is 19.5 Å². The Morgan fingerprint density at radius 1 is 1.33 bits per heavy atom. The highest BCUT2D eigenvalue weighted by atomic mass is 32.1. The Balaban J connectivity index is 1.67. The summed E-state index contributed by atoms with van der Waals surface area (Å²) in [5, 5.41) is 17.9. The van der Waals surface area contributed by atoms with E-state index >= 15 is 0 Å². The third-order valence-corrected chi connectivity index (χ3v) is 3.77. The fourth-order valence-electron chi connectivity index (χ4n) is 2.42. The van der Waals surface area contributed by atoms with E-state index < -0.39 is 4.92 Å². The number of nitrogens with one attached hydrogen (secondary N) is 2. The molecule has 1 aliphatic heterocycles. The zero-order valence-corrected chi connectivity index (χ0v) is 15.1. The summed E-state index contributed by atoms with van der Waals surface area (Å²) in [6, 6.07) is 9.70. The van der Waals surface area contributed by atoms with Gasteiger partial charge >= 0.3 is 0 Å². The van der Waals surface area contributed by atoms with E-state index in [0.29, 0.717) is 36.0 Å². The molecule has 0 aromatic heterocycles. The Labute approximate surface area is 160 Å². The predicted molar refractivity (Wildman–Crippen MR) is 104 cm³/mol. The molecular formula is C17H16N4O5S. The van der Waals surface area contributed by atoms with E-state index in [0.717, 1.165) is 0 Å². The number of hydrogen-bond acceptors (Lipinski definition) is 7. The topological polar surface area (TPSA) is 107 Å². The van der Waals surface area contributed by atoms with Crippen molar-refractivity contribution < 1.29 is 19.1 Å². The van der Waals surface area contributed by atoms with Crippen LogP contribution in [0, 0.1) is 10.1 Å². The van der Waals surface area contributed by atoms with Crippen LogP contribution in [0.5, 0.6) is 17.2 Å². The van der Waals surface area contributed by atoms with Crippen LogP contribution in [0.4, 0.5) is 11.4 Å². The lowest BCUT2D eigenvalue weighted by Gasteiger charge is -2.20. The molecule has 0 amide bonds. The van der Waals surface area contributed by atoms with Crippen LogP contribution in [-0.2, 0) is 0 Å². The SMILES string of the molecule is COc1cc(/C=N\NC(=S)Nc2ccccc2[N+](=O)[O-])cc2c1OCCO2. The molecule has 2 aromatic carbocycles. The predicted octanol–water partition coefficient (Wildman–Crippen LogP) is 2.70. The molecule has 0 saturated carbocycles. The monoisotopic (exact) mass is 388 g/mol. The summed E-state index contributed by atoms with van der Waals surface area (Å²) in [6.45, 7) is 0.919. The molecule has 3 rings (SSSR count). The number of benzene rings is 2. The van der Waals surface area contributed by atoms with E-state index in [1.165, 1.54) is 12.3 Å². The van der Waals surface area contributed by atoms with Crippen LogP contribution < -0.4 is 25.0 Å². The number of nitro groups is 1. The van der Waals surface area contributed by atoms with Crippen LogP contribution in [0.15, 0.2) is 41.5 Å². The van der Waals surface area contributed by atoms with E-state index in [2.05, 4.69) is 15.8 Å². The molecule has 0 fully saturated rings. The van der Waals surface area contributed by atoms with Gasteiger partial charge in [0.1, 0.15) is 18.9 Å². The lowest BCUT2D eigenvalue weighted by atomic mass is 10.2. The first-order chi connectivity index (χ1) is 13.1. The standard InChI is InChI=1S/C17H16N4O5S/c1-24-14-8-11(9-15-16(14)26-7-6-25-15)10-18-20-17(27)19-12-4-2-3-5-13(12)21(22)23/h2-5,8-10H,6-7H2,1H3,(H2,19,20,27)/b18-10-. The zero-order chi connectivity index (χ0) is 19.2. The molecule has 2 N–H and O–H groups in total. The molecule has 0 spiro atoms. The van der Waals surface area contributed by atoms with E-state index in [4.69, 9.17) is 26.4 Å². The Kier molecular flexibility index (Phi) is 5.67. The van der Waals surface area contributed by atoms with Gasteiger partial charge in [0.05, 0.1) is 18.2 Å². The number of ether oxygens (including phenoxy) is 3. The maximum atomic E-state index is 11.0. The molecule has 0 radical (unpaired) electrons. The maximum absolute atomic E-state index is 11.0. The van der Waals surface area contributed by atoms with Gasteiger partial charge in [0.15, 0.2) is 16.6 Å². The van der Waals surface area contributed by atoms with Crippen LogP contribution in [0.3, 0.4) is 0 Å². The van der Waals surface area contributed by atoms with Gasteiger partial charge in [-0.3, -0.25) is 15.5 Å². The van der Waals surface area contributed by atoms with E-state index in [9.17, 15) is 10.1 Å². The number of nitrogens with zero attached hydrogens (tertiary/aromatic N) is 2. The molecule has 2 aromatic rings. The van der Waals surface area contributed by atoms with Gasteiger partial charge in [-0.2, -0.15) is 5.10 Å². The second-order valence-electron chi connectivity index (χ2n) is 5.35. The first-order valence-corrected chi connectivity index (χ1v) is 8.30. The molecule has 0 unspecified atom stereocenters. The highest BCUT2D eigenvalue weighted by Crippen LogP contribution is 2.39. The minimum atomic E-state index is -0.490. The van der Waals surface area contributed by atoms with Gasteiger partial charge in [-0.05, 0) is 30.4 Å². The van der Waals surface area contributed by atoms with Crippen molar-refractivity contribution in [3.8, 4) is 17.2 Å². The molecule has 0 aliphatic carbocycles. The maximum Gasteiger partial charge on any atom is 0.292 e. The minimum absolute atomic E-state index is 0.0813. The Bertz CT molecular complexity index is 886. The molecule has 1 aliphatic rings. The molecule has 9 nitrogen and oxygen atoms in total. The Morgan fingerprint density at radius 3 is 2.89 bits per heavy atom. The third-order valence-electron chi connectivity index (χ3n) is 3.58. The summed E-state index contributed by atoms with van der Waals surface area (Å²) in [7, 11) is 1.54. The summed E-state index contributed by atoms with van der Waals surface area (Å²) >= 11 is 5.12. The number of methoxy groups -OCH3 is 1. The average Bonchev–Trinajstić information content (AvgIpc) is 2.67. The molecular weight excluding hydrogens is 372 g/mol. The molecule has 0 saturated heterocycles. The Hall–Kier alpha value is -3.40. The quantitative estimate of drug-likeness (QED) is 0.348. The van der Waals surface area contributed by atoms with Gasteiger partial charge in [-0.1, -0.05) is 12.1 Å². The van der Waals surface area contributed by atoms with Crippen LogP contribution in [-0.4, -0.2) is 36.6 Å². The number of rotatable bonds is 5. The van der Waals surface area contributed by atoms with Crippen LogP contribution in [0.2, 0.25) is 0 Å². The molecule has 27 heavy (non-hydrogen) atoms. The fraction of sp³-hybridized carbons (Fsp3) is 0.176. The zero-order valence-electron chi connectivity index (χ0n) is 14.3. The number of hydrogen-bond donors (Lipinski definition) is 2. The second-order valence-corrected chi connectivity index (χ2v) is 5.75. The van der Waals surface area contributed by atoms with E-state index in [1.807, 2.05) is 0 Å². The number of para-hydroxylation sites is 2. The second kappa shape index (κ2) is 8.32. The van der Waals surface area contributed by atoms with Gasteiger partial charge in [-0.25, -0.2) is 0 Å². The van der Waals surface area contributed by atoms with Gasteiger partial charge in [0.25, 0.3) is 5.69 Å². The lowest BCUT2D eigenvalue weighted by molar-refractivity contribution is -0.383. The van der Waals surface area contributed by atoms with Gasteiger partial charge in [-0.15, -0.1) is 0 Å². The molecule has 0 atom stereocenters. The molecule has 140 valence electrons. The van der Waals surface area contributed by atoms with E-state index in [-0.39, 0.29) is 16.5 Å². The fourth-order valence-corrected chi connectivity index (χ4v) is 2.58. The summed E-state index contributed by atoms with van der Waals surface area (Å²) in [5.74, 6) is 1.67. The molecule has 0 bridgehead atoms. The third kappa shape index (κ3) is 4.42. The summed E-state index contributed by atoms with van der Waals surface area (Å²) < 4.78 is 16.4. The first-order valence-electron chi connectivity index (χ1n) is 7.89. The van der Waals surface area contributed by atoms with Crippen molar-refractivity contribution in [3.63, 3.8) is 0 Å². The van der Waals surface area contributed by atoms with Gasteiger partial charge in [0.2, 0.25) is 5.75 Å². The minimum Gasteiger partial charge on any atom is -0.493 e. The number of thiocarbonyl (C=S) groups is 1. The van der Waals surface area contributed by atoms with Crippen molar-refractivity contribution in [1.29, 1.82) is 0 Å². The van der Waals surface area contributed by atoms with Crippen LogP contribution >= 0.6 is 12.2 Å². The lowest BCUT2D eigenvalue weighted by Crippen LogP contribution is -2.24. The van der Waals surface area contributed by atoms with Crippen molar-refractivity contribution in [2.75, 3.05) is 25.6 Å². The van der Waals surface area contributed by atoms with Crippen molar-refractivity contribution in [3.05, 3.63) is 52.1 Å². The smallest absolute Gasteiger partial charge is 0.292 e. The average molecular weight is 388 g/mol. The van der Waals surface area contributed by atoms with Crippen molar-refractivity contribution in [2.45, 2.75) is 0 Å². The highest BCUT2D eigenvalue weighted by molar-refractivity contribution is 7.80. The van der Waals surface area contributed by atoms with Crippen LogP contribution in [0.1, 0.15) is 5.56 Å². The van der Waals surface area contributed by atoms with Crippen molar-refractivity contribution >= 4 is 34.9 Å². The van der Waals surface area contributed by atoms with Crippen LogP contribution in [0.25, 0.3) is 0 Å². The van der Waals surface area contributed by atoms with Crippen molar-refractivity contribution in [1.82, 2.24) is 5.43 Å². The van der Waals surface area contributed by atoms with E-state index in [1.54, 1.807) is 37.4 Å². The summed E-state index contributed by atoms with van der Waals surface area (Å²) in [6.07, 6.45) is 1.52. The number of anilines is 1. The Morgan fingerprint density at radius 2 is 2.11 bits per heavy atom. The number of hydrazone groups is 1.